The second-order valence-corrected chi connectivity index (χ2v) is 4.30. The summed E-state index contributed by atoms with van der Waals surface area (Å²) in [6, 6.07) is 2.13. The molecule has 2 rings (SSSR count). The largest absolute Gasteiger partial charge is 0.315 e. The van der Waals surface area contributed by atoms with Crippen molar-refractivity contribution >= 4 is 0 Å². The number of hydrogen-bond acceptors (Lipinski definition) is 2. The van der Waals surface area contributed by atoms with Crippen molar-refractivity contribution < 1.29 is 0 Å². The third kappa shape index (κ3) is 2.58. The SMILES string of the molecule is Cc1cc(C)n(CCNCC2CC2)n1. The molecule has 1 aromatic rings. The molecule has 1 heterocycles. The topological polar surface area (TPSA) is 29.9 Å². The molecule has 0 bridgehead atoms. The molecule has 14 heavy (non-hydrogen) atoms. The van der Waals surface area contributed by atoms with Crippen molar-refractivity contribution in [1.29, 1.82) is 0 Å². The summed E-state index contributed by atoms with van der Waals surface area (Å²) in [5.41, 5.74) is 2.38. The molecule has 0 aliphatic heterocycles. The van der Waals surface area contributed by atoms with Crippen molar-refractivity contribution in [3.05, 3.63) is 17.5 Å². The maximum atomic E-state index is 4.42. The Kier molecular flexibility index (Phi) is 2.87. The fourth-order valence-electron chi connectivity index (χ4n) is 1.71. The van der Waals surface area contributed by atoms with E-state index in [1.165, 1.54) is 25.1 Å². The lowest BCUT2D eigenvalue weighted by atomic mass is 10.4. The van der Waals surface area contributed by atoms with Crippen LogP contribution in [-0.2, 0) is 6.54 Å². The standard InChI is InChI=1S/C11H19N3/c1-9-7-10(2)14(13-9)6-5-12-8-11-3-4-11/h7,11-12H,3-6,8H2,1-2H3. The predicted octanol–water partition coefficient (Wildman–Crippen LogP) is 1.50. The van der Waals surface area contributed by atoms with Crippen LogP contribution < -0.4 is 5.32 Å². The Morgan fingerprint density at radius 3 is 2.86 bits per heavy atom. The van der Waals surface area contributed by atoms with Gasteiger partial charge in [0.25, 0.3) is 0 Å². The quantitative estimate of drug-likeness (QED) is 0.718. The van der Waals surface area contributed by atoms with E-state index in [-0.39, 0.29) is 0 Å². The third-order valence-electron chi connectivity index (χ3n) is 2.73. The van der Waals surface area contributed by atoms with Crippen molar-refractivity contribution in [3.8, 4) is 0 Å². The van der Waals surface area contributed by atoms with Crippen molar-refractivity contribution in [2.24, 2.45) is 5.92 Å². The molecule has 1 saturated carbocycles. The second-order valence-electron chi connectivity index (χ2n) is 4.30. The Labute approximate surface area is 85.5 Å². The Morgan fingerprint density at radius 2 is 2.29 bits per heavy atom. The van der Waals surface area contributed by atoms with Crippen LogP contribution in [-0.4, -0.2) is 22.9 Å². The molecule has 0 unspecified atom stereocenters. The summed E-state index contributed by atoms with van der Waals surface area (Å²) in [5.74, 6) is 0.968. The van der Waals surface area contributed by atoms with Crippen molar-refractivity contribution in [3.63, 3.8) is 0 Å². The molecule has 0 spiro atoms. The molecule has 0 radical (unpaired) electrons. The van der Waals surface area contributed by atoms with Gasteiger partial charge in [-0.05, 0) is 45.2 Å². The van der Waals surface area contributed by atoms with Gasteiger partial charge in [0.05, 0.1) is 12.2 Å². The molecule has 0 aromatic carbocycles. The molecule has 78 valence electrons. The van der Waals surface area contributed by atoms with Crippen LogP contribution in [0.5, 0.6) is 0 Å². The minimum Gasteiger partial charge on any atom is -0.315 e. The summed E-state index contributed by atoms with van der Waals surface area (Å²) in [6.07, 6.45) is 2.85. The molecular formula is C11H19N3. The van der Waals surface area contributed by atoms with Crippen LogP contribution >= 0.6 is 0 Å². The molecule has 3 nitrogen and oxygen atoms in total. The normalized spacial score (nSPS) is 16.1. The van der Waals surface area contributed by atoms with Crippen LogP contribution in [0.25, 0.3) is 0 Å². The van der Waals surface area contributed by atoms with Gasteiger partial charge in [-0.3, -0.25) is 4.68 Å². The fourth-order valence-corrected chi connectivity index (χ4v) is 1.71. The predicted molar refractivity (Wildman–Crippen MR) is 57.3 cm³/mol. The molecule has 1 N–H and O–H groups in total. The highest BCUT2D eigenvalue weighted by molar-refractivity contribution is 5.06. The molecule has 1 fully saturated rings. The van der Waals surface area contributed by atoms with Gasteiger partial charge in [0.2, 0.25) is 0 Å². The Morgan fingerprint density at radius 1 is 1.50 bits per heavy atom. The van der Waals surface area contributed by atoms with Crippen LogP contribution in [0.15, 0.2) is 6.07 Å². The van der Waals surface area contributed by atoms with Crippen LogP contribution in [0.3, 0.4) is 0 Å². The van der Waals surface area contributed by atoms with E-state index in [4.69, 9.17) is 0 Å². The summed E-state index contributed by atoms with van der Waals surface area (Å²) >= 11 is 0. The summed E-state index contributed by atoms with van der Waals surface area (Å²) < 4.78 is 2.08. The minimum absolute atomic E-state index is 0.968. The molecular weight excluding hydrogens is 174 g/mol. The van der Waals surface area contributed by atoms with Gasteiger partial charge in [-0.1, -0.05) is 0 Å². The smallest absolute Gasteiger partial charge is 0.0596 e. The van der Waals surface area contributed by atoms with Gasteiger partial charge in [0, 0.05) is 12.2 Å². The first-order valence-electron chi connectivity index (χ1n) is 5.47. The second kappa shape index (κ2) is 4.13. The van der Waals surface area contributed by atoms with E-state index in [2.05, 4.69) is 28.1 Å². The molecule has 0 saturated heterocycles. The van der Waals surface area contributed by atoms with Crippen LogP contribution in [0.1, 0.15) is 24.2 Å². The van der Waals surface area contributed by atoms with Gasteiger partial charge < -0.3 is 5.32 Å². The van der Waals surface area contributed by atoms with Gasteiger partial charge in [-0.15, -0.1) is 0 Å². The van der Waals surface area contributed by atoms with E-state index < -0.39 is 0 Å². The summed E-state index contributed by atoms with van der Waals surface area (Å²) in [4.78, 5) is 0. The van der Waals surface area contributed by atoms with Gasteiger partial charge >= 0.3 is 0 Å². The van der Waals surface area contributed by atoms with Crippen molar-refractivity contribution in [2.45, 2.75) is 33.2 Å². The number of rotatable bonds is 5. The average Bonchev–Trinajstić information content (AvgIpc) is 2.88. The first-order chi connectivity index (χ1) is 6.75. The lowest BCUT2D eigenvalue weighted by Gasteiger charge is -2.05. The molecule has 0 atom stereocenters. The highest BCUT2D eigenvalue weighted by atomic mass is 15.3. The summed E-state index contributed by atoms with van der Waals surface area (Å²) in [7, 11) is 0. The van der Waals surface area contributed by atoms with Crippen LogP contribution in [0.4, 0.5) is 0 Å². The maximum absolute atomic E-state index is 4.42. The lowest BCUT2D eigenvalue weighted by molar-refractivity contribution is 0.532. The molecule has 3 heteroatoms. The first-order valence-corrected chi connectivity index (χ1v) is 5.47. The third-order valence-corrected chi connectivity index (χ3v) is 2.73. The van der Waals surface area contributed by atoms with Gasteiger partial charge in [0.15, 0.2) is 0 Å². The van der Waals surface area contributed by atoms with E-state index in [9.17, 15) is 0 Å². The molecule has 1 aliphatic carbocycles. The number of hydrogen-bond donors (Lipinski definition) is 1. The monoisotopic (exact) mass is 193 g/mol. The first kappa shape index (κ1) is 9.71. The number of nitrogens with one attached hydrogen (secondary N) is 1. The van der Waals surface area contributed by atoms with E-state index in [1.54, 1.807) is 0 Å². The van der Waals surface area contributed by atoms with E-state index in [0.29, 0.717) is 0 Å². The zero-order valence-electron chi connectivity index (χ0n) is 9.08. The Balaban J connectivity index is 1.70. The van der Waals surface area contributed by atoms with E-state index in [1.807, 2.05) is 6.92 Å². The zero-order chi connectivity index (χ0) is 9.97. The average molecular weight is 193 g/mol. The number of aromatic nitrogens is 2. The lowest BCUT2D eigenvalue weighted by Crippen LogP contribution is -2.23. The van der Waals surface area contributed by atoms with Gasteiger partial charge in [-0.25, -0.2) is 0 Å². The Bertz CT molecular complexity index is 299. The van der Waals surface area contributed by atoms with Gasteiger partial charge in [0.1, 0.15) is 0 Å². The fraction of sp³-hybridized carbons (Fsp3) is 0.727. The zero-order valence-corrected chi connectivity index (χ0v) is 9.08. The molecule has 0 amide bonds. The van der Waals surface area contributed by atoms with Crippen LogP contribution in [0, 0.1) is 19.8 Å². The van der Waals surface area contributed by atoms with Crippen LogP contribution in [0.2, 0.25) is 0 Å². The number of nitrogens with zero attached hydrogens (tertiary/aromatic N) is 2. The minimum atomic E-state index is 0.968. The highest BCUT2D eigenvalue weighted by Crippen LogP contribution is 2.27. The van der Waals surface area contributed by atoms with Crippen molar-refractivity contribution in [2.75, 3.05) is 13.1 Å². The van der Waals surface area contributed by atoms with Crippen molar-refractivity contribution in [1.82, 2.24) is 15.1 Å². The highest BCUT2D eigenvalue weighted by Gasteiger charge is 2.19. The maximum Gasteiger partial charge on any atom is 0.0596 e. The van der Waals surface area contributed by atoms with E-state index >= 15 is 0 Å². The van der Waals surface area contributed by atoms with Gasteiger partial charge in [-0.2, -0.15) is 5.10 Å². The molecule has 1 aliphatic rings. The Hall–Kier alpha value is -0.830. The molecule has 1 aromatic heterocycles. The summed E-state index contributed by atoms with van der Waals surface area (Å²) in [5, 5.41) is 7.89. The summed E-state index contributed by atoms with van der Waals surface area (Å²) in [6.45, 7) is 7.38. The van der Waals surface area contributed by atoms with E-state index in [0.717, 1.165) is 24.7 Å². The number of aryl methyl sites for hydroxylation is 2.